The number of aromatic nitrogens is 2. The van der Waals surface area contributed by atoms with Crippen LogP contribution in [0.15, 0.2) is 10.7 Å². The minimum atomic E-state index is 0.0874. The summed E-state index contributed by atoms with van der Waals surface area (Å²) in [6, 6.07) is 0.402. The first kappa shape index (κ1) is 14.6. The standard InChI is InChI=1S/C11H21BrN4O/c1-8(2)16-11(9(12)7-14-16)10(15-13)5-4-6-17-3/h7-8,10,15H,4-6,13H2,1-3H3. The SMILES string of the molecule is COCCCC(NN)c1c(Br)cnn1C(C)C. The lowest BCUT2D eigenvalue weighted by atomic mass is 10.1. The first-order chi connectivity index (χ1) is 8.11. The van der Waals surface area contributed by atoms with Crippen molar-refractivity contribution >= 4 is 15.9 Å². The number of nitrogens with zero attached hydrogens (tertiary/aromatic N) is 2. The highest BCUT2D eigenvalue weighted by Crippen LogP contribution is 2.28. The van der Waals surface area contributed by atoms with E-state index in [1.165, 1.54) is 0 Å². The lowest BCUT2D eigenvalue weighted by Crippen LogP contribution is -2.30. The monoisotopic (exact) mass is 304 g/mol. The number of hydrogen-bond acceptors (Lipinski definition) is 4. The molecule has 1 heterocycles. The molecule has 0 aromatic carbocycles. The van der Waals surface area contributed by atoms with Crippen LogP contribution in [0.1, 0.15) is 44.5 Å². The van der Waals surface area contributed by atoms with Crippen LogP contribution in [0.25, 0.3) is 0 Å². The van der Waals surface area contributed by atoms with E-state index in [4.69, 9.17) is 10.6 Å². The van der Waals surface area contributed by atoms with Gasteiger partial charge in [0.1, 0.15) is 0 Å². The molecular formula is C11H21BrN4O. The van der Waals surface area contributed by atoms with E-state index in [0.29, 0.717) is 6.04 Å². The summed E-state index contributed by atoms with van der Waals surface area (Å²) in [5, 5.41) is 4.36. The van der Waals surface area contributed by atoms with Crippen LogP contribution in [0.2, 0.25) is 0 Å². The van der Waals surface area contributed by atoms with Gasteiger partial charge in [-0.2, -0.15) is 5.10 Å². The van der Waals surface area contributed by atoms with Gasteiger partial charge in [-0.05, 0) is 42.6 Å². The maximum Gasteiger partial charge on any atom is 0.0712 e. The quantitative estimate of drug-likeness (QED) is 0.460. The number of nitrogens with one attached hydrogen (secondary N) is 1. The number of halogens is 1. The molecule has 0 aliphatic carbocycles. The van der Waals surface area contributed by atoms with E-state index in [2.05, 4.69) is 40.3 Å². The molecule has 0 bridgehead atoms. The summed E-state index contributed by atoms with van der Waals surface area (Å²) >= 11 is 3.53. The highest BCUT2D eigenvalue weighted by atomic mass is 79.9. The van der Waals surface area contributed by atoms with E-state index in [9.17, 15) is 0 Å². The van der Waals surface area contributed by atoms with Gasteiger partial charge in [0, 0.05) is 19.8 Å². The first-order valence-electron chi connectivity index (χ1n) is 5.79. The Hall–Kier alpha value is -0.430. The normalized spacial score (nSPS) is 13.3. The van der Waals surface area contributed by atoms with E-state index in [0.717, 1.165) is 29.6 Å². The zero-order chi connectivity index (χ0) is 12.8. The maximum absolute atomic E-state index is 5.63. The highest BCUT2D eigenvalue weighted by Gasteiger charge is 2.20. The number of nitrogens with two attached hydrogens (primary N) is 1. The third-order valence-corrected chi connectivity index (χ3v) is 3.26. The summed E-state index contributed by atoms with van der Waals surface area (Å²) in [5.41, 5.74) is 3.95. The number of hydrogen-bond donors (Lipinski definition) is 2. The molecule has 98 valence electrons. The molecule has 17 heavy (non-hydrogen) atoms. The van der Waals surface area contributed by atoms with Crippen LogP contribution in [-0.2, 0) is 4.74 Å². The Morgan fingerprint density at radius 3 is 2.82 bits per heavy atom. The number of hydrazine groups is 1. The molecule has 5 nitrogen and oxygen atoms in total. The first-order valence-corrected chi connectivity index (χ1v) is 6.59. The van der Waals surface area contributed by atoms with Gasteiger partial charge in [-0.3, -0.25) is 16.0 Å². The second-order valence-electron chi connectivity index (χ2n) is 4.27. The van der Waals surface area contributed by atoms with Crippen LogP contribution in [-0.4, -0.2) is 23.5 Å². The van der Waals surface area contributed by atoms with Crippen LogP contribution in [0.4, 0.5) is 0 Å². The summed E-state index contributed by atoms with van der Waals surface area (Å²) in [6.45, 7) is 4.95. The summed E-state index contributed by atoms with van der Waals surface area (Å²) in [6.07, 6.45) is 3.69. The smallest absolute Gasteiger partial charge is 0.0712 e. The Kier molecular flexibility index (Phi) is 6.11. The van der Waals surface area contributed by atoms with Crippen LogP contribution < -0.4 is 11.3 Å². The third kappa shape index (κ3) is 3.77. The molecule has 0 fully saturated rings. The molecule has 1 aromatic heterocycles. The van der Waals surface area contributed by atoms with Gasteiger partial charge in [-0.15, -0.1) is 0 Å². The van der Waals surface area contributed by atoms with E-state index in [1.54, 1.807) is 7.11 Å². The molecule has 0 aliphatic rings. The van der Waals surface area contributed by atoms with Crippen molar-refractivity contribution in [2.45, 2.75) is 38.8 Å². The van der Waals surface area contributed by atoms with Gasteiger partial charge in [-0.1, -0.05) is 0 Å². The average Bonchev–Trinajstić information content (AvgIpc) is 2.67. The van der Waals surface area contributed by atoms with Crippen molar-refractivity contribution in [2.75, 3.05) is 13.7 Å². The van der Waals surface area contributed by atoms with Gasteiger partial charge in [0.25, 0.3) is 0 Å². The second kappa shape index (κ2) is 7.10. The van der Waals surface area contributed by atoms with E-state index < -0.39 is 0 Å². The van der Waals surface area contributed by atoms with Gasteiger partial charge >= 0.3 is 0 Å². The molecule has 1 unspecified atom stereocenters. The zero-order valence-corrected chi connectivity index (χ0v) is 12.2. The van der Waals surface area contributed by atoms with Gasteiger partial charge in [-0.25, -0.2) is 0 Å². The number of ether oxygens (including phenoxy) is 1. The highest BCUT2D eigenvalue weighted by molar-refractivity contribution is 9.10. The predicted molar refractivity (Wildman–Crippen MR) is 71.5 cm³/mol. The van der Waals surface area contributed by atoms with Crippen molar-refractivity contribution in [1.29, 1.82) is 0 Å². The van der Waals surface area contributed by atoms with Crippen molar-refractivity contribution in [1.82, 2.24) is 15.2 Å². The summed E-state index contributed by atoms with van der Waals surface area (Å²) in [7, 11) is 1.71. The topological polar surface area (TPSA) is 65.1 Å². The van der Waals surface area contributed by atoms with E-state index in [-0.39, 0.29) is 6.04 Å². The second-order valence-corrected chi connectivity index (χ2v) is 5.12. The molecule has 0 saturated heterocycles. The summed E-state index contributed by atoms with van der Waals surface area (Å²) in [5.74, 6) is 5.63. The Bertz CT molecular complexity index is 340. The molecule has 0 spiro atoms. The van der Waals surface area contributed by atoms with Crippen molar-refractivity contribution in [3.8, 4) is 0 Å². The molecule has 3 N–H and O–H groups in total. The molecular weight excluding hydrogens is 284 g/mol. The van der Waals surface area contributed by atoms with Crippen molar-refractivity contribution in [3.63, 3.8) is 0 Å². The zero-order valence-electron chi connectivity index (χ0n) is 10.6. The van der Waals surface area contributed by atoms with E-state index >= 15 is 0 Å². The Balaban J connectivity index is 2.82. The van der Waals surface area contributed by atoms with E-state index in [1.807, 2.05) is 10.9 Å². The van der Waals surface area contributed by atoms with Crippen LogP contribution in [0.3, 0.4) is 0 Å². The number of rotatable bonds is 7. The fourth-order valence-corrected chi connectivity index (χ4v) is 2.37. The summed E-state index contributed by atoms with van der Waals surface area (Å²) < 4.78 is 8.04. The lowest BCUT2D eigenvalue weighted by Gasteiger charge is -2.20. The largest absolute Gasteiger partial charge is 0.385 e. The fourth-order valence-electron chi connectivity index (χ4n) is 1.82. The van der Waals surface area contributed by atoms with Gasteiger partial charge < -0.3 is 4.74 Å². The molecule has 0 radical (unpaired) electrons. The predicted octanol–water partition coefficient (Wildman–Crippen LogP) is 2.16. The third-order valence-electron chi connectivity index (χ3n) is 2.65. The molecule has 1 rings (SSSR count). The Morgan fingerprint density at radius 2 is 2.29 bits per heavy atom. The van der Waals surface area contributed by atoms with Crippen molar-refractivity contribution < 1.29 is 4.74 Å². The Morgan fingerprint density at radius 1 is 1.59 bits per heavy atom. The van der Waals surface area contributed by atoms with Gasteiger partial charge in [0.15, 0.2) is 0 Å². The Labute approximate surface area is 111 Å². The van der Waals surface area contributed by atoms with Gasteiger partial charge in [0.05, 0.1) is 22.4 Å². The molecule has 0 aliphatic heterocycles. The van der Waals surface area contributed by atoms with Crippen LogP contribution >= 0.6 is 15.9 Å². The minimum absolute atomic E-state index is 0.0874. The van der Waals surface area contributed by atoms with Crippen molar-refractivity contribution in [3.05, 3.63) is 16.4 Å². The molecule has 0 amide bonds. The van der Waals surface area contributed by atoms with Crippen molar-refractivity contribution in [2.24, 2.45) is 5.84 Å². The lowest BCUT2D eigenvalue weighted by molar-refractivity contribution is 0.188. The van der Waals surface area contributed by atoms with Crippen LogP contribution in [0.5, 0.6) is 0 Å². The van der Waals surface area contributed by atoms with Crippen LogP contribution in [0, 0.1) is 0 Å². The van der Waals surface area contributed by atoms with Gasteiger partial charge in [0.2, 0.25) is 0 Å². The fraction of sp³-hybridized carbons (Fsp3) is 0.727. The maximum atomic E-state index is 5.63. The summed E-state index contributed by atoms with van der Waals surface area (Å²) in [4.78, 5) is 0. The molecule has 1 atom stereocenters. The molecule has 6 heteroatoms. The number of methoxy groups -OCH3 is 1. The molecule has 1 aromatic rings. The average molecular weight is 305 g/mol. The minimum Gasteiger partial charge on any atom is -0.385 e. The molecule has 0 saturated carbocycles.